The van der Waals surface area contributed by atoms with Crippen LogP contribution in [0.15, 0.2) is 22.7 Å². The van der Waals surface area contributed by atoms with Gasteiger partial charge in [-0.05, 0) is 55.5 Å². The van der Waals surface area contributed by atoms with E-state index in [2.05, 4.69) is 41.3 Å². The first-order chi connectivity index (χ1) is 8.09. The third-order valence-corrected chi connectivity index (χ3v) is 4.39. The molecule has 17 heavy (non-hydrogen) atoms. The summed E-state index contributed by atoms with van der Waals surface area (Å²) in [5.41, 5.74) is 1.75. The van der Waals surface area contributed by atoms with Crippen LogP contribution >= 0.6 is 15.9 Å². The van der Waals surface area contributed by atoms with Gasteiger partial charge < -0.3 is 10.1 Å². The molecule has 0 radical (unpaired) electrons. The van der Waals surface area contributed by atoms with E-state index in [1.807, 2.05) is 12.1 Å². The Labute approximate surface area is 112 Å². The molecular weight excluding hydrogens is 278 g/mol. The summed E-state index contributed by atoms with van der Waals surface area (Å²) in [5.74, 6) is 0.984. The molecule has 3 heteroatoms. The summed E-state index contributed by atoms with van der Waals surface area (Å²) in [6, 6.07) is 6.75. The SMILES string of the molecule is CNC(Cc1cc(Br)ccc1OC)C1(C)CC1. The molecular formula is C14H20BrNO. The number of benzene rings is 1. The van der Waals surface area contributed by atoms with Crippen LogP contribution in [0.25, 0.3) is 0 Å². The van der Waals surface area contributed by atoms with E-state index in [0.717, 1.165) is 16.6 Å². The lowest BCUT2D eigenvalue weighted by Crippen LogP contribution is -2.35. The highest BCUT2D eigenvalue weighted by Crippen LogP contribution is 2.49. The van der Waals surface area contributed by atoms with Crippen LogP contribution in [0.5, 0.6) is 5.75 Å². The van der Waals surface area contributed by atoms with Crippen LogP contribution in [0.4, 0.5) is 0 Å². The fourth-order valence-corrected chi connectivity index (χ4v) is 2.78. The van der Waals surface area contributed by atoms with Crippen molar-refractivity contribution in [3.05, 3.63) is 28.2 Å². The van der Waals surface area contributed by atoms with Crippen molar-refractivity contribution < 1.29 is 4.74 Å². The third kappa shape index (κ3) is 2.83. The second kappa shape index (κ2) is 4.99. The van der Waals surface area contributed by atoms with E-state index in [1.165, 1.54) is 18.4 Å². The van der Waals surface area contributed by atoms with Gasteiger partial charge in [0.05, 0.1) is 7.11 Å². The van der Waals surface area contributed by atoms with Gasteiger partial charge in [-0.3, -0.25) is 0 Å². The van der Waals surface area contributed by atoms with E-state index in [-0.39, 0.29) is 0 Å². The summed E-state index contributed by atoms with van der Waals surface area (Å²) in [7, 11) is 3.79. The van der Waals surface area contributed by atoms with Crippen molar-refractivity contribution in [2.45, 2.75) is 32.2 Å². The fraction of sp³-hybridized carbons (Fsp3) is 0.571. The number of halogens is 1. The molecule has 1 aromatic carbocycles. The minimum atomic E-state index is 0.474. The van der Waals surface area contributed by atoms with Gasteiger partial charge in [-0.1, -0.05) is 22.9 Å². The average molecular weight is 298 g/mol. The maximum absolute atomic E-state index is 5.43. The Bertz CT molecular complexity index is 401. The van der Waals surface area contributed by atoms with E-state index in [1.54, 1.807) is 7.11 Å². The van der Waals surface area contributed by atoms with Crippen LogP contribution in [0.2, 0.25) is 0 Å². The van der Waals surface area contributed by atoms with Gasteiger partial charge >= 0.3 is 0 Å². The van der Waals surface area contributed by atoms with Gasteiger partial charge in [-0.15, -0.1) is 0 Å². The first-order valence-corrected chi connectivity index (χ1v) is 6.88. The first-order valence-electron chi connectivity index (χ1n) is 6.09. The van der Waals surface area contributed by atoms with Crippen molar-refractivity contribution in [1.29, 1.82) is 0 Å². The van der Waals surface area contributed by atoms with Crippen LogP contribution < -0.4 is 10.1 Å². The Morgan fingerprint density at radius 3 is 2.71 bits per heavy atom. The monoisotopic (exact) mass is 297 g/mol. The first kappa shape index (κ1) is 12.9. The molecule has 1 N–H and O–H groups in total. The van der Waals surface area contributed by atoms with Gasteiger partial charge in [0.2, 0.25) is 0 Å². The van der Waals surface area contributed by atoms with Gasteiger partial charge in [-0.2, -0.15) is 0 Å². The number of ether oxygens (including phenoxy) is 1. The highest BCUT2D eigenvalue weighted by Gasteiger charge is 2.44. The molecule has 1 fully saturated rings. The molecule has 0 heterocycles. The second-order valence-corrected chi connectivity index (χ2v) is 6.07. The molecule has 0 saturated heterocycles. The highest BCUT2D eigenvalue weighted by atomic mass is 79.9. The van der Waals surface area contributed by atoms with Gasteiger partial charge in [0, 0.05) is 10.5 Å². The number of methoxy groups -OCH3 is 1. The Morgan fingerprint density at radius 1 is 1.47 bits per heavy atom. The quantitative estimate of drug-likeness (QED) is 0.899. The van der Waals surface area contributed by atoms with Crippen LogP contribution in [0.3, 0.4) is 0 Å². The molecule has 1 unspecified atom stereocenters. The number of rotatable bonds is 5. The van der Waals surface area contributed by atoms with Crippen LogP contribution in [0, 0.1) is 5.41 Å². The topological polar surface area (TPSA) is 21.3 Å². The predicted octanol–water partition coefficient (Wildman–Crippen LogP) is 3.39. The zero-order valence-corrected chi connectivity index (χ0v) is 12.3. The van der Waals surface area contributed by atoms with Crippen molar-refractivity contribution in [3.8, 4) is 5.75 Å². The minimum Gasteiger partial charge on any atom is -0.496 e. The number of hydrogen-bond donors (Lipinski definition) is 1. The van der Waals surface area contributed by atoms with Gasteiger partial charge in [0.15, 0.2) is 0 Å². The molecule has 0 amide bonds. The van der Waals surface area contributed by atoms with Crippen molar-refractivity contribution in [2.24, 2.45) is 5.41 Å². The van der Waals surface area contributed by atoms with E-state index in [4.69, 9.17) is 4.74 Å². The summed E-state index contributed by atoms with van der Waals surface area (Å²) in [4.78, 5) is 0. The molecule has 1 saturated carbocycles. The summed E-state index contributed by atoms with van der Waals surface area (Å²) in [6.07, 6.45) is 3.68. The molecule has 2 nitrogen and oxygen atoms in total. The van der Waals surface area contributed by atoms with Crippen molar-refractivity contribution >= 4 is 15.9 Å². The lowest BCUT2D eigenvalue weighted by atomic mass is 9.92. The Morgan fingerprint density at radius 2 is 2.18 bits per heavy atom. The van der Waals surface area contributed by atoms with Gasteiger partial charge in [0.25, 0.3) is 0 Å². The zero-order valence-electron chi connectivity index (χ0n) is 10.7. The fourth-order valence-electron chi connectivity index (χ4n) is 2.37. The highest BCUT2D eigenvalue weighted by molar-refractivity contribution is 9.10. The van der Waals surface area contributed by atoms with Crippen molar-refractivity contribution in [2.75, 3.05) is 14.2 Å². The van der Waals surface area contributed by atoms with E-state index in [0.29, 0.717) is 11.5 Å². The Balaban J connectivity index is 2.18. The van der Waals surface area contributed by atoms with Gasteiger partial charge in [-0.25, -0.2) is 0 Å². The maximum Gasteiger partial charge on any atom is 0.122 e. The van der Waals surface area contributed by atoms with Gasteiger partial charge in [0.1, 0.15) is 5.75 Å². The van der Waals surface area contributed by atoms with Crippen molar-refractivity contribution in [1.82, 2.24) is 5.32 Å². The maximum atomic E-state index is 5.43. The number of likely N-dealkylation sites (N-methyl/N-ethyl adjacent to an activating group) is 1. The van der Waals surface area contributed by atoms with Crippen LogP contribution in [0.1, 0.15) is 25.3 Å². The lowest BCUT2D eigenvalue weighted by molar-refractivity contribution is 0.364. The predicted molar refractivity (Wildman–Crippen MR) is 74.6 cm³/mol. The van der Waals surface area contributed by atoms with Crippen LogP contribution in [-0.4, -0.2) is 20.2 Å². The normalized spacial score (nSPS) is 18.8. The molecule has 94 valence electrons. The zero-order chi connectivity index (χ0) is 12.5. The average Bonchev–Trinajstić information content (AvgIpc) is 3.05. The largest absolute Gasteiger partial charge is 0.496 e. The molecule has 0 bridgehead atoms. The smallest absolute Gasteiger partial charge is 0.122 e. The molecule has 1 aromatic rings. The van der Waals surface area contributed by atoms with E-state index in [9.17, 15) is 0 Å². The molecule has 2 rings (SSSR count). The molecule has 0 aromatic heterocycles. The number of hydrogen-bond acceptors (Lipinski definition) is 2. The molecule has 1 atom stereocenters. The van der Waals surface area contributed by atoms with Crippen LogP contribution in [-0.2, 0) is 6.42 Å². The molecule has 1 aliphatic carbocycles. The third-order valence-electron chi connectivity index (χ3n) is 3.89. The van der Waals surface area contributed by atoms with Crippen molar-refractivity contribution in [3.63, 3.8) is 0 Å². The van der Waals surface area contributed by atoms with E-state index < -0.39 is 0 Å². The Kier molecular flexibility index (Phi) is 3.79. The molecule has 1 aliphatic rings. The Hall–Kier alpha value is -0.540. The number of nitrogens with one attached hydrogen (secondary N) is 1. The summed E-state index contributed by atoms with van der Waals surface area (Å²) >= 11 is 3.53. The minimum absolute atomic E-state index is 0.474. The summed E-state index contributed by atoms with van der Waals surface area (Å²) in [5, 5.41) is 3.45. The second-order valence-electron chi connectivity index (χ2n) is 5.16. The van der Waals surface area contributed by atoms with E-state index >= 15 is 0 Å². The molecule has 0 aliphatic heterocycles. The standard InChI is InChI=1S/C14H20BrNO/c1-14(6-7-14)13(16-2)9-10-8-11(15)4-5-12(10)17-3/h4-5,8,13,16H,6-7,9H2,1-3H3. The molecule has 0 spiro atoms. The lowest BCUT2D eigenvalue weighted by Gasteiger charge is -2.24. The summed E-state index contributed by atoms with van der Waals surface area (Å²) < 4.78 is 6.55. The summed E-state index contributed by atoms with van der Waals surface area (Å²) in [6.45, 7) is 2.36.